The zero-order valence-corrected chi connectivity index (χ0v) is 5.71. The number of rotatable bonds is 2. The van der Waals surface area contributed by atoms with E-state index < -0.39 is 30.6 Å². The quantitative estimate of drug-likeness (QED) is 0.238. The molecule has 0 unspecified atom stereocenters. The Balaban J connectivity index is 0. The maximum atomic E-state index is 10.8. The van der Waals surface area contributed by atoms with Crippen LogP contribution in [0.1, 0.15) is 0 Å². The Kier molecular flexibility index (Phi) is 16.2. The van der Waals surface area contributed by atoms with Gasteiger partial charge < -0.3 is 0 Å². The molecule has 0 N–H and O–H groups in total. The van der Waals surface area contributed by atoms with E-state index in [0.717, 1.165) is 0 Å². The number of hydrogen-bond donors (Lipinski definition) is 0. The number of halogens is 3. The predicted molar refractivity (Wildman–Crippen MR) is 12.0 cm³/mol. The fourth-order valence-electron chi connectivity index (χ4n) is 0.0270. The Bertz CT molecular complexity index is 19.0. The first-order valence-corrected chi connectivity index (χ1v) is 4.12. The van der Waals surface area contributed by atoms with E-state index in [-0.39, 0.29) is 18.9 Å². The van der Waals surface area contributed by atoms with Crippen LogP contribution in [0.15, 0.2) is 0 Å². The van der Waals surface area contributed by atoms with Gasteiger partial charge in [0.15, 0.2) is 0 Å². The third-order valence-electron chi connectivity index (χ3n) is 0.143. The molecule has 34 valence electrons. The van der Waals surface area contributed by atoms with Crippen LogP contribution in [-0.4, -0.2) is 9.36 Å². The van der Waals surface area contributed by atoms with Gasteiger partial charge in [-0.1, -0.05) is 0 Å². The standard InChI is InChI=1S/C2H4F2I.Li/c3-1-5-2-4;/h1-2H2;/q-1;+1. The summed E-state index contributed by atoms with van der Waals surface area (Å²) in [7, 11) is 0. The molecule has 0 heterocycles. The van der Waals surface area contributed by atoms with Crippen molar-refractivity contribution < 1.29 is 48.8 Å². The number of hydrogen-bond acceptors (Lipinski definition) is 0. The molecule has 0 spiro atoms. The zero-order chi connectivity index (χ0) is 4.12. The first-order valence-electron chi connectivity index (χ1n) is 1.07. The Labute approximate surface area is 58.1 Å². The van der Waals surface area contributed by atoms with Crippen LogP contribution >= 0.6 is 0 Å². The van der Waals surface area contributed by atoms with E-state index in [9.17, 15) is 8.78 Å². The van der Waals surface area contributed by atoms with E-state index in [1.807, 2.05) is 0 Å². The molecule has 0 radical (unpaired) electrons. The van der Waals surface area contributed by atoms with Crippen molar-refractivity contribution in [3.05, 3.63) is 0 Å². The summed E-state index contributed by atoms with van der Waals surface area (Å²) in [6.45, 7) is 0. The minimum absolute atomic E-state index is 0. The molecule has 0 saturated carbocycles. The average Bonchev–Trinajstić information content (AvgIpc) is 1.41. The summed E-state index contributed by atoms with van der Waals surface area (Å²) in [5.74, 6) is 0. The van der Waals surface area contributed by atoms with Crippen LogP contribution in [0.5, 0.6) is 0 Å². The van der Waals surface area contributed by atoms with Gasteiger partial charge in [0, 0.05) is 0 Å². The van der Waals surface area contributed by atoms with Gasteiger partial charge in [0.1, 0.15) is 0 Å². The first-order chi connectivity index (χ1) is 2.41. The smallest absolute Gasteiger partial charge is 1.00 e. The second kappa shape index (κ2) is 9.50. The fraction of sp³-hybridized carbons (Fsp3) is 1.00. The zero-order valence-electron chi connectivity index (χ0n) is 3.55. The van der Waals surface area contributed by atoms with Gasteiger partial charge in [-0.25, -0.2) is 0 Å². The van der Waals surface area contributed by atoms with Crippen molar-refractivity contribution in [3.63, 3.8) is 0 Å². The van der Waals surface area contributed by atoms with E-state index >= 15 is 0 Å². The van der Waals surface area contributed by atoms with E-state index in [0.29, 0.717) is 0 Å². The van der Waals surface area contributed by atoms with Crippen molar-refractivity contribution >= 4 is 0 Å². The summed E-state index contributed by atoms with van der Waals surface area (Å²) < 4.78 is 20.8. The summed E-state index contributed by atoms with van der Waals surface area (Å²) in [6.07, 6.45) is 0. The molecule has 0 bridgehead atoms. The normalized spacial score (nSPS) is 7.67. The van der Waals surface area contributed by atoms with E-state index in [4.69, 9.17) is 0 Å². The third-order valence-corrected chi connectivity index (χ3v) is 0.958. The van der Waals surface area contributed by atoms with Crippen LogP contribution in [-0.2, 0) is 0 Å². The van der Waals surface area contributed by atoms with Gasteiger partial charge in [0.2, 0.25) is 0 Å². The Morgan fingerprint density at radius 2 is 1.50 bits per heavy atom. The van der Waals surface area contributed by atoms with Crippen LogP contribution in [0.3, 0.4) is 0 Å². The van der Waals surface area contributed by atoms with Gasteiger partial charge in [0.25, 0.3) is 0 Å². The first kappa shape index (κ1) is 10.2. The van der Waals surface area contributed by atoms with Crippen LogP contribution in [0.4, 0.5) is 8.78 Å². The van der Waals surface area contributed by atoms with Crippen molar-refractivity contribution in [2.24, 2.45) is 0 Å². The molecule has 0 aliphatic heterocycles. The molecule has 0 aliphatic rings. The van der Waals surface area contributed by atoms with Gasteiger partial charge in [-0.2, -0.15) is 0 Å². The second-order valence-corrected chi connectivity index (χ2v) is 2.62. The molecule has 0 atom stereocenters. The molecule has 0 amide bonds. The molecule has 0 aromatic heterocycles. The van der Waals surface area contributed by atoms with Crippen molar-refractivity contribution in [2.45, 2.75) is 0 Å². The molecule has 0 rings (SSSR count). The van der Waals surface area contributed by atoms with Gasteiger partial charge in [-0.15, -0.1) is 0 Å². The molecular formula is C2H4F2ILi. The summed E-state index contributed by atoms with van der Waals surface area (Å²) in [4.78, 5) is 0. The summed E-state index contributed by atoms with van der Waals surface area (Å²) in [5, 5.41) is 0. The molecule has 0 fully saturated rings. The van der Waals surface area contributed by atoms with Crippen molar-refractivity contribution in [1.29, 1.82) is 0 Å². The van der Waals surface area contributed by atoms with Crippen molar-refractivity contribution in [3.8, 4) is 0 Å². The predicted octanol–water partition coefficient (Wildman–Crippen LogP) is -5.07. The topological polar surface area (TPSA) is 0 Å². The summed E-state index contributed by atoms with van der Waals surface area (Å²) >= 11 is -0.702. The van der Waals surface area contributed by atoms with Crippen molar-refractivity contribution in [2.75, 3.05) is 9.36 Å². The average molecular weight is 200 g/mol. The Hall–Kier alpha value is 1.19. The van der Waals surface area contributed by atoms with Crippen LogP contribution in [0, 0.1) is 0 Å². The summed E-state index contributed by atoms with van der Waals surface area (Å²) in [6, 6.07) is 0. The largest absolute Gasteiger partial charge is 1.00 e. The molecular weight excluding hydrogens is 196 g/mol. The number of alkyl halides is 4. The minimum atomic E-state index is -0.702. The van der Waals surface area contributed by atoms with Crippen LogP contribution in [0.25, 0.3) is 0 Å². The molecule has 0 aromatic rings. The maximum absolute atomic E-state index is 10.8. The molecule has 0 aromatic carbocycles. The molecule has 6 heavy (non-hydrogen) atoms. The third kappa shape index (κ3) is 8.95. The SMILES string of the molecule is FC[I-]CF.[Li+]. The summed E-state index contributed by atoms with van der Waals surface area (Å²) in [5.41, 5.74) is 0. The molecule has 0 saturated heterocycles. The molecule has 4 heteroatoms. The van der Waals surface area contributed by atoms with Crippen molar-refractivity contribution in [1.82, 2.24) is 0 Å². The Morgan fingerprint density at radius 1 is 1.17 bits per heavy atom. The van der Waals surface area contributed by atoms with Gasteiger partial charge >= 0.3 is 58.2 Å². The van der Waals surface area contributed by atoms with E-state index in [1.165, 1.54) is 0 Å². The molecule has 0 aliphatic carbocycles. The molecule has 0 nitrogen and oxygen atoms in total. The van der Waals surface area contributed by atoms with Gasteiger partial charge in [-0.05, 0) is 0 Å². The van der Waals surface area contributed by atoms with Crippen LogP contribution < -0.4 is 40.1 Å². The second-order valence-electron chi connectivity index (χ2n) is 0.391. The fourth-order valence-corrected chi connectivity index (χ4v) is 0.181. The van der Waals surface area contributed by atoms with E-state index in [2.05, 4.69) is 0 Å². The Morgan fingerprint density at radius 3 is 1.50 bits per heavy atom. The van der Waals surface area contributed by atoms with Crippen LogP contribution in [0.2, 0.25) is 0 Å². The minimum Gasteiger partial charge on any atom is 1.00 e. The van der Waals surface area contributed by atoms with E-state index in [1.54, 1.807) is 0 Å². The van der Waals surface area contributed by atoms with Gasteiger partial charge in [0.05, 0.1) is 0 Å². The van der Waals surface area contributed by atoms with Gasteiger partial charge in [-0.3, -0.25) is 0 Å². The maximum Gasteiger partial charge on any atom is 1.00 e. The monoisotopic (exact) mass is 200 g/mol.